The van der Waals surface area contributed by atoms with E-state index in [0.29, 0.717) is 25.2 Å². The average molecular weight is 295 g/mol. The van der Waals surface area contributed by atoms with Crippen molar-refractivity contribution in [1.82, 2.24) is 5.32 Å². The maximum atomic E-state index is 5.80. The van der Waals surface area contributed by atoms with Crippen LogP contribution in [0.15, 0.2) is 24.3 Å². The molecule has 0 spiro atoms. The summed E-state index contributed by atoms with van der Waals surface area (Å²) in [4.78, 5) is 0. The van der Waals surface area contributed by atoms with Crippen LogP contribution in [0.2, 0.25) is 0 Å². The molecule has 0 saturated heterocycles. The molecule has 4 heteroatoms. The second-order valence-electron chi connectivity index (χ2n) is 5.19. The number of benzene rings is 1. The molecule has 0 aromatic heterocycles. The first-order valence-corrected chi connectivity index (χ1v) is 7.84. The molecule has 0 aliphatic heterocycles. The first-order valence-electron chi connectivity index (χ1n) is 7.84. The Morgan fingerprint density at radius 1 is 1.00 bits per heavy atom. The summed E-state index contributed by atoms with van der Waals surface area (Å²) in [5, 5.41) is 3.48. The number of nitrogens with one attached hydrogen (secondary N) is 1. The Hall–Kier alpha value is -1.26. The van der Waals surface area contributed by atoms with Crippen LogP contribution in [0.5, 0.6) is 11.5 Å². The third-order valence-corrected chi connectivity index (χ3v) is 3.22. The minimum absolute atomic E-state index is 0.357. The molecule has 21 heavy (non-hydrogen) atoms. The largest absolute Gasteiger partial charge is 0.490 e. The third kappa shape index (κ3) is 6.82. The highest BCUT2D eigenvalue weighted by atomic mass is 16.5. The van der Waals surface area contributed by atoms with Crippen LogP contribution in [-0.2, 0) is 4.74 Å². The number of hydrogen-bond donors (Lipinski definition) is 1. The number of ether oxygens (including phenoxy) is 3. The lowest BCUT2D eigenvalue weighted by Crippen LogP contribution is -2.40. The van der Waals surface area contributed by atoms with Crippen molar-refractivity contribution in [1.29, 1.82) is 0 Å². The molecule has 0 aliphatic rings. The molecule has 120 valence electrons. The molecule has 0 saturated carbocycles. The predicted octanol–water partition coefficient (Wildman–Crippen LogP) is 3.11. The summed E-state index contributed by atoms with van der Waals surface area (Å²) in [7, 11) is 0. The Balaban J connectivity index is 2.35. The van der Waals surface area contributed by atoms with Crippen LogP contribution >= 0.6 is 0 Å². The Morgan fingerprint density at radius 3 is 2.24 bits per heavy atom. The first kappa shape index (κ1) is 17.8. The molecule has 1 aromatic carbocycles. The Morgan fingerprint density at radius 2 is 1.67 bits per heavy atom. The normalized spacial score (nSPS) is 12.4. The van der Waals surface area contributed by atoms with E-state index < -0.39 is 0 Å². The standard InChI is InChI=1S/C17H29NO3/c1-5-19-13-15(14(3)4)18-11-12-21-17-10-8-7-9-16(17)20-6-2/h7-10,14-15,18H,5-6,11-13H2,1-4H3. The van der Waals surface area contributed by atoms with Gasteiger partial charge in [0.05, 0.1) is 13.2 Å². The molecule has 1 rings (SSSR count). The Kier molecular flexibility index (Phi) is 8.87. The Bertz CT molecular complexity index is 382. The van der Waals surface area contributed by atoms with Crippen LogP contribution in [0.1, 0.15) is 27.7 Å². The fourth-order valence-electron chi connectivity index (χ4n) is 1.98. The predicted molar refractivity (Wildman–Crippen MR) is 86.2 cm³/mol. The van der Waals surface area contributed by atoms with Gasteiger partial charge in [0.2, 0.25) is 0 Å². The summed E-state index contributed by atoms with van der Waals surface area (Å²) in [5.41, 5.74) is 0. The van der Waals surface area contributed by atoms with Gasteiger partial charge in [0, 0.05) is 19.2 Å². The van der Waals surface area contributed by atoms with Gasteiger partial charge in [-0.05, 0) is 31.9 Å². The zero-order valence-electron chi connectivity index (χ0n) is 13.7. The Labute approximate surface area is 128 Å². The number of hydrogen-bond acceptors (Lipinski definition) is 4. The van der Waals surface area contributed by atoms with Crippen molar-refractivity contribution in [2.45, 2.75) is 33.7 Å². The lowest BCUT2D eigenvalue weighted by Gasteiger charge is -2.22. The molecule has 0 amide bonds. The van der Waals surface area contributed by atoms with Crippen molar-refractivity contribution in [2.24, 2.45) is 5.92 Å². The van der Waals surface area contributed by atoms with Crippen LogP contribution in [0.25, 0.3) is 0 Å². The molecule has 1 unspecified atom stereocenters. The van der Waals surface area contributed by atoms with Crippen LogP contribution < -0.4 is 14.8 Å². The van der Waals surface area contributed by atoms with Crippen LogP contribution in [0, 0.1) is 5.92 Å². The number of rotatable bonds is 11. The van der Waals surface area contributed by atoms with Crippen molar-refractivity contribution in [3.8, 4) is 11.5 Å². The molecule has 1 N–H and O–H groups in total. The summed E-state index contributed by atoms with van der Waals surface area (Å²) in [6.07, 6.45) is 0. The molecule has 0 aliphatic carbocycles. The SMILES string of the molecule is CCOCC(NCCOc1ccccc1OCC)C(C)C. The van der Waals surface area contributed by atoms with E-state index in [1.54, 1.807) is 0 Å². The van der Waals surface area contributed by atoms with Gasteiger partial charge in [-0.3, -0.25) is 0 Å². The van der Waals surface area contributed by atoms with Gasteiger partial charge in [-0.25, -0.2) is 0 Å². The zero-order valence-corrected chi connectivity index (χ0v) is 13.7. The lowest BCUT2D eigenvalue weighted by molar-refractivity contribution is 0.106. The van der Waals surface area contributed by atoms with Gasteiger partial charge in [-0.1, -0.05) is 26.0 Å². The van der Waals surface area contributed by atoms with Crippen LogP contribution in [0.4, 0.5) is 0 Å². The summed E-state index contributed by atoms with van der Waals surface area (Å²) >= 11 is 0. The second-order valence-corrected chi connectivity index (χ2v) is 5.19. The molecule has 0 fully saturated rings. The summed E-state index contributed by atoms with van der Waals surface area (Å²) in [6.45, 7) is 11.9. The maximum Gasteiger partial charge on any atom is 0.161 e. The highest BCUT2D eigenvalue weighted by Crippen LogP contribution is 2.26. The zero-order chi connectivity index (χ0) is 15.5. The minimum atomic E-state index is 0.357. The van der Waals surface area contributed by atoms with Gasteiger partial charge in [0.15, 0.2) is 11.5 Å². The van der Waals surface area contributed by atoms with Gasteiger partial charge < -0.3 is 19.5 Å². The molecule has 0 bridgehead atoms. The van der Waals surface area contributed by atoms with Gasteiger partial charge in [-0.15, -0.1) is 0 Å². The van der Waals surface area contributed by atoms with Crippen molar-refractivity contribution >= 4 is 0 Å². The van der Waals surface area contributed by atoms with Crippen LogP contribution in [0.3, 0.4) is 0 Å². The van der Waals surface area contributed by atoms with E-state index in [1.807, 2.05) is 38.1 Å². The third-order valence-electron chi connectivity index (χ3n) is 3.22. The highest BCUT2D eigenvalue weighted by Gasteiger charge is 2.12. The topological polar surface area (TPSA) is 39.7 Å². The van der Waals surface area contributed by atoms with Gasteiger partial charge in [0.25, 0.3) is 0 Å². The maximum absolute atomic E-state index is 5.80. The second kappa shape index (κ2) is 10.5. The van der Waals surface area contributed by atoms with E-state index in [9.17, 15) is 0 Å². The van der Waals surface area contributed by atoms with E-state index in [-0.39, 0.29) is 0 Å². The van der Waals surface area contributed by atoms with E-state index in [1.165, 1.54) is 0 Å². The lowest BCUT2D eigenvalue weighted by atomic mass is 10.1. The summed E-state index contributed by atoms with van der Waals surface area (Å²) < 4.78 is 16.8. The van der Waals surface area contributed by atoms with Crippen molar-refractivity contribution in [2.75, 3.05) is 33.0 Å². The molecular weight excluding hydrogens is 266 g/mol. The molecular formula is C17H29NO3. The van der Waals surface area contributed by atoms with Crippen LogP contribution in [-0.4, -0.2) is 39.0 Å². The quantitative estimate of drug-likeness (QED) is 0.637. The molecule has 1 aromatic rings. The first-order chi connectivity index (χ1) is 10.2. The molecule has 1 atom stereocenters. The van der Waals surface area contributed by atoms with Gasteiger partial charge >= 0.3 is 0 Å². The fraction of sp³-hybridized carbons (Fsp3) is 0.647. The monoisotopic (exact) mass is 295 g/mol. The number of para-hydroxylation sites is 2. The van der Waals surface area contributed by atoms with E-state index >= 15 is 0 Å². The molecule has 0 heterocycles. The van der Waals surface area contributed by atoms with E-state index in [2.05, 4.69) is 19.2 Å². The van der Waals surface area contributed by atoms with E-state index in [0.717, 1.165) is 31.3 Å². The van der Waals surface area contributed by atoms with Crippen molar-refractivity contribution in [3.05, 3.63) is 24.3 Å². The minimum Gasteiger partial charge on any atom is -0.490 e. The summed E-state index contributed by atoms with van der Waals surface area (Å²) in [6, 6.07) is 8.13. The van der Waals surface area contributed by atoms with Gasteiger partial charge in [0.1, 0.15) is 6.61 Å². The summed E-state index contributed by atoms with van der Waals surface area (Å²) in [5.74, 6) is 2.13. The van der Waals surface area contributed by atoms with Crippen molar-refractivity contribution < 1.29 is 14.2 Å². The molecule has 4 nitrogen and oxygen atoms in total. The smallest absolute Gasteiger partial charge is 0.161 e. The average Bonchev–Trinajstić information content (AvgIpc) is 2.48. The van der Waals surface area contributed by atoms with Gasteiger partial charge in [-0.2, -0.15) is 0 Å². The van der Waals surface area contributed by atoms with E-state index in [4.69, 9.17) is 14.2 Å². The fourth-order valence-corrected chi connectivity index (χ4v) is 1.98. The van der Waals surface area contributed by atoms with Crippen molar-refractivity contribution in [3.63, 3.8) is 0 Å². The highest BCUT2D eigenvalue weighted by molar-refractivity contribution is 5.39. The molecule has 0 radical (unpaired) electrons.